The highest BCUT2D eigenvalue weighted by molar-refractivity contribution is 6.03. The van der Waals surface area contributed by atoms with Crippen LogP contribution in [0.2, 0.25) is 0 Å². The van der Waals surface area contributed by atoms with Crippen LogP contribution in [0, 0.1) is 6.92 Å². The zero-order chi connectivity index (χ0) is 18.5. The molecule has 0 radical (unpaired) electrons. The van der Waals surface area contributed by atoms with E-state index in [1.54, 1.807) is 19.4 Å². The molecule has 0 aromatic carbocycles. The van der Waals surface area contributed by atoms with Gasteiger partial charge < -0.3 is 19.4 Å². The van der Waals surface area contributed by atoms with Crippen molar-refractivity contribution in [2.45, 2.75) is 32.2 Å². The van der Waals surface area contributed by atoms with Crippen LogP contribution in [0.15, 0.2) is 23.1 Å². The lowest BCUT2D eigenvalue weighted by atomic mass is 9.99. The van der Waals surface area contributed by atoms with E-state index in [2.05, 4.69) is 15.5 Å². The fourth-order valence-electron chi connectivity index (χ4n) is 3.05. The minimum absolute atomic E-state index is 0.0808. The van der Waals surface area contributed by atoms with Crippen molar-refractivity contribution in [2.75, 3.05) is 32.2 Å². The largest absolute Gasteiger partial charge is 0.383 e. The van der Waals surface area contributed by atoms with Gasteiger partial charge in [0.05, 0.1) is 13.2 Å². The van der Waals surface area contributed by atoms with Crippen LogP contribution in [0.25, 0.3) is 0 Å². The van der Waals surface area contributed by atoms with E-state index in [0.717, 1.165) is 30.8 Å². The van der Waals surface area contributed by atoms with Crippen molar-refractivity contribution in [3.8, 4) is 0 Å². The summed E-state index contributed by atoms with van der Waals surface area (Å²) >= 11 is 0. The van der Waals surface area contributed by atoms with E-state index in [0.29, 0.717) is 25.6 Å². The van der Waals surface area contributed by atoms with Crippen LogP contribution in [0.4, 0.5) is 5.82 Å². The minimum Gasteiger partial charge on any atom is -0.383 e. The number of nitrogens with zero attached hydrogens (tertiary/aromatic N) is 2. The normalized spacial score (nSPS) is 17.2. The SMILES string of the molecule is COCCn1cc(C(=O)Nc2cc(C3CCCOC3)[nH]n2)c(=O)cc1C. The number of carbonyl (C=O) groups is 1. The summed E-state index contributed by atoms with van der Waals surface area (Å²) in [6.07, 6.45) is 3.60. The second kappa shape index (κ2) is 8.29. The predicted octanol–water partition coefficient (Wildman–Crippen LogP) is 1.67. The summed E-state index contributed by atoms with van der Waals surface area (Å²) in [6, 6.07) is 3.26. The monoisotopic (exact) mass is 360 g/mol. The van der Waals surface area contributed by atoms with Gasteiger partial charge >= 0.3 is 0 Å². The number of aromatic nitrogens is 3. The molecular weight excluding hydrogens is 336 g/mol. The van der Waals surface area contributed by atoms with Gasteiger partial charge in [-0.05, 0) is 19.8 Å². The molecule has 2 aromatic heterocycles. The topological polar surface area (TPSA) is 98.2 Å². The highest BCUT2D eigenvalue weighted by atomic mass is 16.5. The number of methoxy groups -OCH3 is 1. The van der Waals surface area contributed by atoms with Gasteiger partial charge in [-0.2, -0.15) is 5.10 Å². The fraction of sp³-hybridized carbons (Fsp3) is 0.500. The molecule has 0 spiro atoms. The molecule has 1 atom stereocenters. The molecule has 2 N–H and O–H groups in total. The van der Waals surface area contributed by atoms with Crippen molar-refractivity contribution in [3.63, 3.8) is 0 Å². The minimum atomic E-state index is -0.473. The molecule has 8 heteroatoms. The third-order valence-corrected chi connectivity index (χ3v) is 4.56. The molecule has 2 aromatic rings. The average molecular weight is 360 g/mol. The lowest BCUT2D eigenvalue weighted by molar-refractivity contribution is 0.0793. The number of pyridine rings is 1. The molecule has 3 heterocycles. The van der Waals surface area contributed by atoms with Crippen LogP contribution in [0.3, 0.4) is 0 Å². The summed E-state index contributed by atoms with van der Waals surface area (Å²) < 4.78 is 12.4. The van der Waals surface area contributed by atoms with E-state index in [9.17, 15) is 9.59 Å². The van der Waals surface area contributed by atoms with E-state index in [-0.39, 0.29) is 16.9 Å². The predicted molar refractivity (Wildman–Crippen MR) is 96.6 cm³/mol. The molecule has 8 nitrogen and oxygen atoms in total. The van der Waals surface area contributed by atoms with Crippen LogP contribution in [0.5, 0.6) is 0 Å². The quantitative estimate of drug-likeness (QED) is 0.817. The number of anilines is 1. The molecule has 0 saturated carbocycles. The van der Waals surface area contributed by atoms with Gasteiger partial charge in [0.2, 0.25) is 0 Å². The molecule has 0 aliphatic carbocycles. The van der Waals surface area contributed by atoms with Gasteiger partial charge in [-0.15, -0.1) is 0 Å². The first-order valence-electron chi connectivity index (χ1n) is 8.73. The summed E-state index contributed by atoms with van der Waals surface area (Å²) in [5.74, 6) is 0.186. The van der Waals surface area contributed by atoms with Crippen LogP contribution in [0.1, 0.15) is 40.5 Å². The molecule has 1 aliphatic heterocycles. The van der Waals surface area contributed by atoms with Gasteiger partial charge in [0, 0.05) is 55.9 Å². The molecular formula is C18H24N4O4. The molecule has 1 aliphatic rings. The summed E-state index contributed by atoms with van der Waals surface area (Å²) in [7, 11) is 1.61. The van der Waals surface area contributed by atoms with Crippen LogP contribution < -0.4 is 10.7 Å². The lowest BCUT2D eigenvalue weighted by Gasteiger charge is -2.20. The Bertz CT molecular complexity index is 821. The number of rotatable bonds is 6. The van der Waals surface area contributed by atoms with E-state index >= 15 is 0 Å². The number of nitrogens with one attached hydrogen (secondary N) is 2. The molecule has 3 rings (SSSR count). The maximum absolute atomic E-state index is 12.5. The van der Waals surface area contributed by atoms with Gasteiger partial charge in [0.15, 0.2) is 11.2 Å². The van der Waals surface area contributed by atoms with Gasteiger partial charge in [0.25, 0.3) is 5.91 Å². The number of amides is 1. The zero-order valence-electron chi connectivity index (χ0n) is 15.1. The third kappa shape index (κ3) is 4.20. The van der Waals surface area contributed by atoms with E-state index < -0.39 is 5.91 Å². The number of carbonyl (C=O) groups excluding carboxylic acids is 1. The van der Waals surface area contributed by atoms with Crippen molar-refractivity contribution in [1.29, 1.82) is 0 Å². The van der Waals surface area contributed by atoms with Crippen molar-refractivity contribution < 1.29 is 14.3 Å². The Morgan fingerprint density at radius 1 is 1.50 bits per heavy atom. The highest BCUT2D eigenvalue weighted by Gasteiger charge is 2.19. The summed E-state index contributed by atoms with van der Waals surface area (Å²) in [4.78, 5) is 24.7. The molecule has 26 heavy (non-hydrogen) atoms. The number of H-pyrrole nitrogens is 1. The van der Waals surface area contributed by atoms with E-state index in [1.165, 1.54) is 6.07 Å². The standard InChI is InChI=1S/C18H24N4O4/c1-12-8-16(23)14(10-22(12)5-7-25-2)18(24)19-17-9-15(20-21-17)13-4-3-6-26-11-13/h8-10,13H,3-7,11H2,1-2H3,(H2,19,20,21,24). The Morgan fingerprint density at radius 3 is 3.08 bits per heavy atom. The van der Waals surface area contributed by atoms with Crippen LogP contribution >= 0.6 is 0 Å². The zero-order valence-corrected chi connectivity index (χ0v) is 15.1. The van der Waals surface area contributed by atoms with Crippen LogP contribution in [-0.4, -0.2) is 47.6 Å². The second-order valence-corrected chi connectivity index (χ2v) is 6.46. The highest BCUT2D eigenvalue weighted by Crippen LogP contribution is 2.25. The second-order valence-electron chi connectivity index (χ2n) is 6.46. The Labute approximate surface area is 151 Å². The molecule has 0 bridgehead atoms. The molecule has 1 unspecified atom stereocenters. The number of aryl methyl sites for hydroxylation is 1. The summed E-state index contributed by atoms with van der Waals surface area (Å²) in [5, 5.41) is 9.78. The Hall–Kier alpha value is -2.45. The lowest BCUT2D eigenvalue weighted by Crippen LogP contribution is -2.24. The van der Waals surface area contributed by atoms with Gasteiger partial charge in [-0.25, -0.2) is 0 Å². The van der Waals surface area contributed by atoms with Crippen LogP contribution in [-0.2, 0) is 16.0 Å². The first-order chi connectivity index (χ1) is 12.6. The molecule has 1 amide bonds. The van der Waals surface area contributed by atoms with Crippen molar-refractivity contribution in [3.05, 3.63) is 45.5 Å². The maximum atomic E-state index is 12.5. The summed E-state index contributed by atoms with van der Waals surface area (Å²) in [5.41, 5.74) is 1.48. The number of hydrogen-bond donors (Lipinski definition) is 2. The Balaban J connectivity index is 1.73. The van der Waals surface area contributed by atoms with Gasteiger partial charge in [-0.1, -0.05) is 0 Å². The number of aromatic amines is 1. The average Bonchev–Trinajstić information content (AvgIpc) is 3.10. The maximum Gasteiger partial charge on any atom is 0.262 e. The first-order valence-corrected chi connectivity index (χ1v) is 8.73. The van der Waals surface area contributed by atoms with Crippen molar-refractivity contribution in [2.24, 2.45) is 0 Å². The van der Waals surface area contributed by atoms with Gasteiger partial charge in [-0.3, -0.25) is 14.7 Å². The van der Waals surface area contributed by atoms with E-state index in [1.807, 2.05) is 11.5 Å². The summed E-state index contributed by atoms with van der Waals surface area (Å²) in [6.45, 7) is 4.33. The third-order valence-electron chi connectivity index (χ3n) is 4.56. The fourth-order valence-corrected chi connectivity index (χ4v) is 3.05. The molecule has 1 saturated heterocycles. The smallest absolute Gasteiger partial charge is 0.262 e. The molecule has 140 valence electrons. The van der Waals surface area contributed by atoms with Crippen molar-refractivity contribution >= 4 is 11.7 Å². The Morgan fingerprint density at radius 2 is 2.35 bits per heavy atom. The Kier molecular flexibility index (Phi) is 5.85. The van der Waals surface area contributed by atoms with Gasteiger partial charge in [0.1, 0.15) is 5.56 Å². The van der Waals surface area contributed by atoms with E-state index in [4.69, 9.17) is 9.47 Å². The first kappa shape index (κ1) is 18.3. The number of hydrogen-bond acceptors (Lipinski definition) is 5. The van der Waals surface area contributed by atoms with Crippen molar-refractivity contribution in [1.82, 2.24) is 14.8 Å². The molecule has 1 fully saturated rings. The number of ether oxygens (including phenoxy) is 2.